The van der Waals surface area contributed by atoms with Crippen molar-refractivity contribution in [1.82, 2.24) is 9.80 Å². The van der Waals surface area contributed by atoms with Gasteiger partial charge in [-0.3, -0.25) is 9.59 Å². The summed E-state index contributed by atoms with van der Waals surface area (Å²) in [6.07, 6.45) is 5.46. The monoisotopic (exact) mass is 575 g/mol. The van der Waals surface area contributed by atoms with Gasteiger partial charge in [-0.15, -0.1) is 0 Å². The number of carbonyl (C=O) groups excluding carboxylic acids is 2. The van der Waals surface area contributed by atoms with Gasteiger partial charge in [0.1, 0.15) is 5.82 Å². The summed E-state index contributed by atoms with van der Waals surface area (Å²) < 4.78 is 13.2. The lowest BCUT2D eigenvalue weighted by Crippen LogP contribution is -2.46. The quantitative estimate of drug-likeness (QED) is 0.334. The van der Waals surface area contributed by atoms with Crippen LogP contribution in [0.15, 0.2) is 42.5 Å². The van der Waals surface area contributed by atoms with Crippen molar-refractivity contribution in [1.29, 1.82) is 0 Å². The van der Waals surface area contributed by atoms with E-state index in [4.69, 9.17) is 23.2 Å². The van der Waals surface area contributed by atoms with Crippen LogP contribution in [0, 0.1) is 23.6 Å². The zero-order valence-electron chi connectivity index (χ0n) is 23.1. The first-order valence-corrected chi connectivity index (χ1v) is 15.0. The minimum Gasteiger partial charge on any atom is -0.342 e. The summed E-state index contributed by atoms with van der Waals surface area (Å²) >= 11 is 12.5. The molecule has 0 aliphatic carbocycles. The van der Waals surface area contributed by atoms with Crippen molar-refractivity contribution in [3.05, 3.63) is 63.9 Å². The molecular formula is C31H40Cl2FN3O2. The molecule has 212 valence electrons. The number of rotatable bonds is 9. The molecule has 2 aromatic rings. The van der Waals surface area contributed by atoms with Gasteiger partial charge in [0.15, 0.2) is 0 Å². The van der Waals surface area contributed by atoms with E-state index in [1.807, 2.05) is 41.8 Å². The van der Waals surface area contributed by atoms with Crippen molar-refractivity contribution in [2.45, 2.75) is 52.4 Å². The molecule has 0 unspecified atom stereocenters. The zero-order valence-corrected chi connectivity index (χ0v) is 24.6. The lowest BCUT2D eigenvalue weighted by Gasteiger charge is -2.36. The van der Waals surface area contributed by atoms with Crippen LogP contribution in [0.4, 0.5) is 10.1 Å². The SMILES string of the molecule is CC(C)C(=O)N1CCC(C(=O)N(CCCN2CCC(Cc3ccc(F)cc3)CC2)c2ccc(Cl)c(Cl)c2)CC1. The Morgan fingerprint density at radius 1 is 0.949 bits per heavy atom. The maximum atomic E-state index is 13.7. The number of piperidine rings is 2. The molecule has 0 aromatic heterocycles. The Balaban J connectivity index is 1.31. The highest BCUT2D eigenvalue weighted by Crippen LogP contribution is 2.30. The van der Waals surface area contributed by atoms with Gasteiger partial charge < -0.3 is 14.7 Å². The average Bonchev–Trinajstić information content (AvgIpc) is 2.94. The Hall–Kier alpha value is -2.15. The normalized spacial score (nSPS) is 17.5. The third-order valence-electron chi connectivity index (χ3n) is 8.13. The summed E-state index contributed by atoms with van der Waals surface area (Å²) in [6.45, 7) is 8.68. The predicted octanol–water partition coefficient (Wildman–Crippen LogP) is 6.70. The lowest BCUT2D eigenvalue weighted by molar-refractivity contribution is -0.137. The van der Waals surface area contributed by atoms with Gasteiger partial charge in [-0.05, 0) is 100.0 Å². The number of anilines is 1. The molecule has 2 saturated heterocycles. The standard InChI is InChI=1S/C31H40Cl2FN3O2/c1-22(2)30(38)36-18-12-25(13-19-36)31(39)37(27-8-9-28(32)29(33)21-27)15-3-14-35-16-10-24(11-17-35)20-23-4-6-26(34)7-5-23/h4-9,21-22,24-25H,3,10-20H2,1-2H3. The molecule has 0 N–H and O–H groups in total. The molecule has 2 aliphatic rings. The van der Waals surface area contributed by atoms with Gasteiger partial charge in [0, 0.05) is 37.2 Å². The van der Waals surface area contributed by atoms with Crippen LogP contribution in [0.1, 0.15) is 51.5 Å². The maximum absolute atomic E-state index is 13.7. The van der Waals surface area contributed by atoms with Gasteiger partial charge in [0.05, 0.1) is 10.0 Å². The zero-order chi connectivity index (χ0) is 27.9. The molecule has 4 rings (SSSR count). The van der Waals surface area contributed by atoms with E-state index in [0.717, 1.165) is 51.0 Å². The molecule has 2 fully saturated rings. The molecule has 2 heterocycles. The first-order chi connectivity index (χ1) is 18.7. The van der Waals surface area contributed by atoms with Gasteiger partial charge in [-0.1, -0.05) is 49.2 Å². The Bertz CT molecular complexity index is 1110. The fourth-order valence-corrected chi connectivity index (χ4v) is 6.06. The number of hydrogen-bond donors (Lipinski definition) is 0. The highest BCUT2D eigenvalue weighted by atomic mass is 35.5. The number of benzene rings is 2. The van der Waals surface area contributed by atoms with E-state index in [2.05, 4.69) is 4.90 Å². The van der Waals surface area contributed by atoms with Crippen molar-refractivity contribution in [2.75, 3.05) is 44.2 Å². The molecule has 0 radical (unpaired) electrons. The fourth-order valence-electron chi connectivity index (χ4n) is 5.77. The first-order valence-electron chi connectivity index (χ1n) is 14.2. The third-order valence-corrected chi connectivity index (χ3v) is 8.87. The second kappa shape index (κ2) is 14.0. The molecule has 0 bridgehead atoms. The van der Waals surface area contributed by atoms with Gasteiger partial charge in [-0.25, -0.2) is 4.39 Å². The minimum absolute atomic E-state index is 0.0297. The van der Waals surface area contributed by atoms with Crippen LogP contribution >= 0.6 is 23.2 Å². The largest absolute Gasteiger partial charge is 0.342 e. The summed E-state index contributed by atoms with van der Waals surface area (Å²) in [7, 11) is 0. The minimum atomic E-state index is -0.186. The molecule has 0 atom stereocenters. The molecule has 0 saturated carbocycles. The summed E-state index contributed by atoms with van der Waals surface area (Å²) in [5, 5.41) is 0.907. The number of halogens is 3. The smallest absolute Gasteiger partial charge is 0.230 e. The van der Waals surface area contributed by atoms with Crippen molar-refractivity contribution in [3.8, 4) is 0 Å². The molecule has 2 amide bonds. The van der Waals surface area contributed by atoms with Crippen LogP contribution in [0.5, 0.6) is 0 Å². The van der Waals surface area contributed by atoms with Crippen LogP contribution in [0.2, 0.25) is 10.0 Å². The summed E-state index contributed by atoms with van der Waals surface area (Å²) in [6, 6.07) is 12.3. The van der Waals surface area contributed by atoms with Crippen molar-refractivity contribution < 1.29 is 14.0 Å². The van der Waals surface area contributed by atoms with E-state index in [-0.39, 0.29) is 29.5 Å². The second-order valence-corrected chi connectivity index (χ2v) is 12.1. The number of carbonyl (C=O) groups is 2. The number of amides is 2. The Kier molecular flexibility index (Phi) is 10.7. The van der Waals surface area contributed by atoms with Crippen molar-refractivity contribution in [3.63, 3.8) is 0 Å². The van der Waals surface area contributed by atoms with E-state index in [1.54, 1.807) is 24.3 Å². The second-order valence-electron chi connectivity index (χ2n) is 11.3. The van der Waals surface area contributed by atoms with E-state index >= 15 is 0 Å². The summed E-state index contributed by atoms with van der Waals surface area (Å²) in [5.41, 5.74) is 1.97. The van der Waals surface area contributed by atoms with E-state index in [9.17, 15) is 14.0 Å². The van der Waals surface area contributed by atoms with E-state index in [1.165, 1.54) is 5.56 Å². The topological polar surface area (TPSA) is 43.9 Å². The summed E-state index contributed by atoms with van der Waals surface area (Å²) in [5.74, 6) is 0.547. The Labute approximate surface area is 242 Å². The van der Waals surface area contributed by atoms with Gasteiger partial charge >= 0.3 is 0 Å². The number of nitrogens with zero attached hydrogens (tertiary/aromatic N) is 3. The maximum Gasteiger partial charge on any atom is 0.230 e. The number of hydrogen-bond acceptors (Lipinski definition) is 3. The molecule has 8 heteroatoms. The van der Waals surface area contributed by atoms with Crippen LogP contribution in [0.3, 0.4) is 0 Å². The van der Waals surface area contributed by atoms with Crippen molar-refractivity contribution >= 4 is 40.7 Å². The van der Waals surface area contributed by atoms with Crippen LogP contribution in [-0.4, -0.2) is 60.9 Å². The van der Waals surface area contributed by atoms with E-state index < -0.39 is 0 Å². The molecule has 0 spiro atoms. The molecule has 2 aliphatic heterocycles. The van der Waals surface area contributed by atoms with Gasteiger partial charge in [0.2, 0.25) is 11.8 Å². The Morgan fingerprint density at radius 3 is 2.23 bits per heavy atom. The van der Waals surface area contributed by atoms with Crippen LogP contribution in [-0.2, 0) is 16.0 Å². The van der Waals surface area contributed by atoms with Crippen LogP contribution < -0.4 is 4.90 Å². The first kappa shape index (κ1) is 29.8. The van der Waals surface area contributed by atoms with Crippen LogP contribution in [0.25, 0.3) is 0 Å². The molecule has 5 nitrogen and oxygen atoms in total. The fraction of sp³-hybridized carbons (Fsp3) is 0.548. The number of likely N-dealkylation sites (tertiary alicyclic amines) is 2. The molecular weight excluding hydrogens is 536 g/mol. The highest BCUT2D eigenvalue weighted by molar-refractivity contribution is 6.42. The Morgan fingerprint density at radius 2 is 1.62 bits per heavy atom. The third kappa shape index (κ3) is 8.18. The lowest BCUT2D eigenvalue weighted by atomic mass is 9.90. The van der Waals surface area contributed by atoms with Gasteiger partial charge in [-0.2, -0.15) is 0 Å². The average molecular weight is 577 g/mol. The van der Waals surface area contributed by atoms with E-state index in [0.29, 0.717) is 48.4 Å². The summed E-state index contributed by atoms with van der Waals surface area (Å²) in [4.78, 5) is 32.4. The molecule has 39 heavy (non-hydrogen) atoms. The predicted molar refractivity (Wildman–Crippen MR) is 157 cm³/mol. The molecule has 2 aromatic carbocycles. The van der Waals surface area contributed by atoms with Gasteiger partial charge in [0.25, 0.3) is 0 Å². The highest BCUT2D eigenvalue weighted by Gasteiger charge is 2.31. The van der Waals surface area contributed by atoms with Crippen molar-refractivity contribution in [2.24, 2.45) is 17.8 Å².